The zero-order valence-electron chi connectivity index (χ0n) is 5.83. The van der Waals surface area contributed by atoms with Gasteiger partial charge in [-0.05, 0) is 18.2 Å². The second-order valence-corrected chi connectivity index (χ2v) is 2.28. The normalized spacial score (nSPS) is 10.3. The summed E-state index contributed by atoms with van der Waals surface area (Å²) in [6.07, 6.45) is 1.66. The van der Waals surface area contributed by atoms with Crippen LogP contribution >= 0.6 is 0 Å². The molecule has 4 nitrogen and oxygen atoms in total. The van der Waals surface area contributed by atoms with E-state index in [0.29, 0.717) is 0 Å². The minimum atomic E-state index is 0.877. The first-order valence-corrected chi connectivity index (χ1v) is 3.30. The topological polar surface area (TPSA) is 66.7 Å². The average Bonchev–Trinajstić information content (AvgIpc) is 2.50. The van der Waals surface area contributed by atoms with Gasteiger partial charge in [0.15, 0.2) is 0 Å². The zero-order chi connectivity index (χ0) is 7.68. The number of hydrogen-bond donors (Lipinski definition) is 3. The highest BCUT2D eigenvalue weighted by atomic mass is 15.2. The lowest BCUT2D eigenvalue weighted by Gasteiger charge is -1.96. The number of nitrogen functional groups attached to an aromatic ring is 1. The Morgan fingerprint density at radius 3 is 3.18 bits per heavy atom. The fourth-order valence-corrected chi connectivity index (χ4v) is 1.03. The minimum Gasteiger partial charge on any atom is -0.345 e. The highest BCUT2D eigenvalue weighted by Crippen LogP contribution is 2.13. The molecule has 11 heavy (non-hydrogen) atoms. The summed E-state index contributed by atoms with van der Waals surface area (Å²) in [5.74, 6) is 5.23. The lowest BCUT2D eigenvalue weighted by molar-refractivity contribution is 1.34. The van der Waals surface area contributed by atoms with E-state index < -0.39 is 0 Å². The third-order valence-electron chi connectivity index (χ3n) is 1.59. The molecule has 0 amide bonds. The fourth-order valence-electron chi connectivity index (χ4n) is 1.03. The van der Waals surface area contributed by atoms with E-state index in [-0.39, 0.29) is 0 Å². The maximum atomic E-state index is 5.23. The Balaban J connectivity index is 2.67. The van der Waals surface area contributed by atoms with Crippen molar-refractivity contribution >= 4 is 16.7 Å². The monoisotopic (exact) mass is 148 g/mol. The number of nitrogens with two attached hydrogens (primary N) is 1. The third kappa shape index (κ3) is 0.929. The Hall–Kier alpha value is -1.55. The van der Waals surface area contributed by atoms with Gasteiger partial charge in [-0.1, -0.05) is 0 Å². The molecule has 0 fully saturated rings. The summed E-state index contributed by atoms with van der Waals surface area (Å²) >= 11 is 0. The molecule has 2 aromatic rings. The van der Waals surface area contributed by atoms with Crippen molar-refractivity contribution in [2.24, 2.45) is 5.84 Å². The van der Waals surface area contributed by atoms with Gasteiger partial charge in [0.05, 0.1) is 23.0 Å². The first kappa shape index (κ1) is 6.18. The molecule has 1 heterocycles. The van der Waals surface area contributed by atoms with Crippen LogP contribution in [0, 0.1) is 0 Å². The van der Waals surface area contributed by atoms with Crippen molar-refractivity contribution < 1.29 is 0 Å². The van der Waals surface area contributed by atoms with Gasteiger partial charge in [-0.15, -0.1) is 0 Å². The van der Waals surface area contributed by atoms with Crippen molar-refractivity contribution in [3.05, 3.63) is 24.5 Å². The number of fused-ring (bicyclic) bond motifs is 1. The van der Waals surface area contributed by atoms with Gasteiger partial charge in [0.1, 0.15) is 0 Å². The van der Waals surface area contributed by atoms with Crippen molar-refractivity contribution in [2.45, 2.75) is 0 Å². The van der Waals surface area contributed by atoms with E-state index in [4.69, 9.17) is 5.84 Å². The summed E-state index contributed by atoms with van der Waals surface area (Å²) in [6.45, 7) is 0. The number of aromatic nitrogens is 2. The molecule has 0 atom stereocenters. The van der Waals surface area contributed by atoms with Gasteiger partial charge < -0.3 is 10.4 Å². The van der Waals surface area contributed by atoms with Crippen LogP contribution in [-0.4, -0.2) is 9.97 Å². The molecule has 1 aromatic carbocycles. The number of nitrogens with one attached hydrogen (secondary N) is 2. The Kier molecular flexibility index (Phi) is 1.26. The molecule has 4 heteroatoms. The number of aromatic amines is 1. The molecule has 0 aliphatic rings. The average molecular weight is 148 g/mol. The molecule has 0 spiro atoms. The van der Waals surface area contributed by atoms with Crippen LogP contribution in [0.15, 0.2) is 24.5 Å². The highest BCUT2D eigenvalue weighted by molar-refractivity contribution is 5.78. The number of benzene rings is 1. The van der Waals surface area contributed by atoms with Gasteiger partial charge in [0, 0.05) is 0 Å². The molecule has 0 saturated carbocycles. The molecular weight excluding hydrogens is 140 g/mol. The molecule has 0 aliphatic heterocycles. The third-order valence-corrected chi connectivity index (χ3v) is 1.59. The first-order valence-electron chi connectivity index (χ1n) is 3.30. The van der Waals surface area contributed by atoms with E-state index in [0.717, 1.165) is 16.7 Å². The van der Waals surface area contributed by atoms with E-state index in [9.17, 15) is 0 Å². The van der Waals surface area contributed by atoms with Crippen LogP contribution in [-0.2, 0) is 0 Å². The molecule has 0 unspecified atom stereocenters. The number of rotatable bonds is 1. The standard InChI is InChI=1S/C7H8N4/c8-11-5-1-2-6-7(3-5)10-4-9-6/h1-4,11H,8H2,(H,9,10). The maximum absolute atomic E-state index is 5.23. The molecular formula is C7H8N4. The van der Waals surface area contributed by atoms with Crippen molar-refractivity contribution in [3.8, 4) is 0 Å². The van der Waals surface area contributed by atoms with Crippen LogP contribution in [0.5, 0.6) is 0 Å². The predicted octanol–water partition coefficient (Wildman–Crippen LogP) is 0.849. The molecule has 1 aromatic heterocycles. The Labute approximate surface area is 63.4 Å². The predicted molar refractivity (Wildman–Crippen MR) is 43.9 cm³/mol. The second-order valence-electron chi connectivity index (χ2n) is 2.28. The number of hydrazine groups is 1. The Morgan fingerprint density at radius 1 is 1.45 bits per heavy atom. The second kappa shape index (κ2) is 2.25. The number of imidazole rings is 1. The van der Waals surface area contributed by atoms with Crippen LogP contribution in [0.2, 0.25) is 0 Å². The summed E-state index contributed by atoms with van der Waals surface area (Å²) in [4.78, 5) is 7.06. The molecule has 56 valence electrons. The van der Waals surface area contributed by atoms with E-state index in [1.807, 2.05) is 18.2 Å². The van der Waals surface area contributed by atoms with Crippen molar-refractivity contribution in [3.63, 3.8) is 0 Å². The van der Waals surface area contributed by atoms with Crippen LogP contribution in [0.1, 0.15) is 0 Å². The maximum Gasteiger partial charge on any atom is 0.0931 e. The van der Waals surface area contributed by atoms with Crippen molar-refractivity contribution in [1.82, 2.24) is 9.97 Å². The van der Waals surface area contributed by atoms with E-state index in [2.05, 4.69) is 15.4 Å². The van der Waals surface area contributed by atoms with Crippen molar-refractivity contribution in [2.75, 3.05) is 5.43 Å². The molecule has 0 saturated heterocycles. The van der Waals surface area contributed by atoms with Crippen LogP contribution < -0.4 is 11.3 Å². The summed E-state index contributed by atoms with van der Waals surface area (Å²) in [7, 11) is 0. The van der Waals surface area contributed by atoms with Crippen LogP contribution in [0.3, 0.4) is 0 Å². The van der Waals surface area contributed by atoms with Crippen LogP contribution in [0.25, 0.3) is 11.0 Å². The largest absolute Gasteiger partial charge is 0.345 e. The molecule has 0 aliphatic carbocycles. The Bertz CT molecular complexity index is 365. The summed E-state index contributed by atoms with van der Waals surface area (Å²) < 4.78 is 0. The molecule has 4 N–H and O–H groups in total. The summed E-state index contributed by atoms with van der Waals surface area (Å²) in [5.41, 5.74) is 5.37. The summed E-state index contributed by atoms with van der Waals surface area (Å²) in [5, 5.41) is 0. The van der Waals surface area contributed by atoms with Gasteiger partial charge in [0.2, 0.25) is 0 Å². The minimum absolute atomic E-state index is 0.877. The highest BCUT2D eigenvalue weighted by Gasteiger charge is 1.94. The fraction of sp³-hybridized carbons (Fsp3) is 0. The quantitative estimate of drug-likeness (QED) is 0.415. The number of H-pyrrole nitrogens is 1. The molecule has 0 bridgehead atoms. The van der Waals surface area contributed by atoms with Crippen molar-refractivity contribution in [1.29, 1.82) is 0 Å². The summed E-state index contributed by atoms with van der Waals surface area (Å²) in [6, 6.07) is 5.69. The number of anilines is 1. The van der Waals surface area contributed by atoms with Crippen LogP contribution in [0.4, 0.5) is 5.69 Å². The van der Waals surface area contributed by atoms with Gasteiger partial charge in [-0.3, -0.25) is 5.84 Å². The number of hydrogen-bond acceptors (Lipinski definition) is 3. The van der Waals surface area contributed by atoms with Gasteiger partial charge in [0.25, 0.3) is 0 Å². The van der Waals surface area contributed by atoms with E-state index in [1.165, 1.54) is 0 Å². The van der Waals surface area contributed by atoms with E-state index >= 15 is 0 Å². The zero-order valence-corrected chi connectivity index (χ0v) is 5.83. The lowest BCUT2D eigenvalue weighted by atomic mass is 10.3. The smallest absolute Gasteiger partial charge is 0.0931 e. The molecule has 2 rings (SSSR count). The lowest BCUT2D eigenvalue weighted by Crippen LogP contribution is -2.05. The van der Waals surface area contributed by atoms with Gasteiger partial charge in [-0.25, -0.2) is 4.98 Å². The number of nitrogens with zero attached hydrogens (tertiary/aromatic N) is 1. The van der Waals surface area contributed by atoms with Gasteiger partial charge >= 0.3 is 0 Å². The first-order chi connectivity index (χ1) is 5.40. The SMILES string of the molecule is NNc1ccc2nc[nH]c2c1. The van der Waals surface area contributed by atoms with Gasteiger partial charge in [-0.2, -0.15) is 0 Å². The molecule has 0 radical (unpaired) electrons. The van der Waals surface area contributed by atoms with E-state index in [1.54, 1.807) is 6.33 Å². The Morgan fingerprint density at radius 2 is 2.36 bits per heavy atom.